The first kappa shape index (κ1) is 6.38. The van der Waals surface area contributed by atoms with Crippen LogP contribution in [0.3, 0.4) is 0 Å². The number of hydrogen-bond donors (Lipinski definition) is 0. The van der Waals surface area contributed by atoms with Crippen molar-refractivity contribution < 1.29 is 4.74 Å². The fourth-order valence-electron chi connectivity index (χ4n) is 1.33. The van der Waals surface area contributed by atoms with Crippen LogP contribution < -0.4 is 0 Å². The van der Waals surface area contributed by atoms with Crippen LogP contribution in [0.25, 0.3) is 0 Å². The van der Waals surface area contributed by atoms with Crippen LogP contribution in [0.2, 0.25) is 0 Å². The molecule has 54 valence electrons. The highest BCUT2D eigenvalue weighted by Crippen LogP contribution is 2.30. The molecule has 1 atom stereocenters. The van der Waals surface area contributed by atoms with Gasteiger partial charge in [0, 0.05) is 4.88 Å². The first-order valence-electron chi connectivity index (χ1n) is 3.56. The number of thiophene rings is 1. The van der Waals surface area contributed by atoms with Crippen molar-refractivity contribution >= 4 is 11.3 Å². The molecule has 1 unspecified atom stereocenters. The number of ether oxygens (including phenoxy) is 1. The molecule has 2 heteroatoms. The summed E-state index contributed by atoms with van der Waals surface area (Å²) in [5, 5.41) is 2.15. The summed E-state index contributed by atoms with van der Waals surface area (Å²) < 4.78 is 5.47. The van der Waals surface area contributed by atoms with Gasteiger partial charge in [-0.2, -0.15) is 0 Å². The van der Waals surface area contributed by atoms with E-state index in [0.717, 1.165) is 13.0 Å². The molecule has 0 radical (unpaired) electrons. The van der Waals surface area contributed by atoms with Gasteiger partial charge in [-0.15, -0.1) is 11.3 Å². The lowest BCUT2D eigenvalue weighted by molar-refractivity contribution is 0.0586. The third-order valence-corrected chi connectivity index (χ3v) is 3.01. The Hall–Kier alpha value is -0.340. The maximum atomic E-state index is 5.47. The van der Waals surface area contributed by atoms with Gasteiger partial charge in [-0.1, -0.05) is 0 Å². The van der Waals surface area contributed by atoms with Crippen LogP contribution in [0.15, 0.2) is 11.4 Å². The van der Waals surface area contributed by atoms with E-state index in [-0.39, 0.29) is 0 Å². The summed E-state index contributed by atoms with van der Waals surface area (Å²) >= 11 is 1.81. The van der Waals surface area contributed by atoms with Crippen LogP contribution >= 0.6 is 11.3 Å². The van der Waals surface area contributed by atoms with Gasteiger partial charge in [-0.05, 0) is 30.4 Å². The molecule has 0 aliphatic carbocycles. The summed E-state index contributed by atoms with van der Waals surface area (Å²) in [6, 6.07) is 2.21. The van der Waals surface area contributed by atoms with Crippen LogP contribution in [0, 0.1) is 0 Å². The minimum absolute atomic E-state index is 0.337. The molecule has 1 nitrogen and oxygen atoms in total. The summed E-state index contributed by atoms with van der Waals surface area (Å²) in [5.41, 5.74) is 1.49. The molecule has 1 aromatic rings. The van der Waals surface area contributed by atoms with Gasteiger partial charge in [0.05, 0.1) is 12.7 Å². The van der Waals surface area contributed by atoms with E-state index in [4.69, 9.17) is 4.74 Å². The zero-order valence-corrected chi connectivity index (χ0v) is 6.78. The summed E-state index contributed by atoms with van der Waals surface area (Å²) in [4.78, 5) is 1.42. The van der Waals surface area contributed by atoms with Gasteiger partial charge >= 0.3 is 0 Å². The predicted molar refractivity (Wildman–Crippen MR) is 42.4 cm³/mol. The van der Waals surface area contributed by atoms with E-state index in [9.17, 15) is 0 Å². The van der Waals surface area contributed by atoms with Crippen LogP contribution in [0.4, 0.5) is 0 Å². The second-order valence-electron chi connectivity index (χ2n) is 2.57. The fourth-order valence-corrected chi connectivity index (χ4v) is 2.29. The predicted octanol–water partition coefficient (Wildman–Crippen LogP) is 2.38. The molecule has 10 heavy (non-hydrogen) atoms. The van der Waals surface area contributed by atoms with Gasteiger partial charge in [0.2, 0.25) is 0 Å². The lowest BCUT2D eigenvalue weighted by Gasteiger charge is -2.18. The molecular weight excluding hydrogens is 144 g/mol. The maximum absolute atomic E-state index is 5.47. The van der Waals surface area contributed by atoms with Gasteiger partial charge < -0.3 is 4.74 Å². The average Bonchev–Trinajstić information content (AvgIpc) is 2.36. The maximum Gasteiger partial charge on any atom is 0.0891 e. The lowest BCUT2D eigenvalue weighted by atomic mass is 10.1. The second kappa shape index (κ2) is 2.36. The van der Waals surface area contributed by atoms with E-state index in [1.807, 2.05) is 11.3 Å². The zero-order valence-electron chi connectivity index (χ0n) is 5.96. The van der Waals surface area contributed by atoms with Crippen molar-refractivity contribution in [1.82, 2.24) is 0 Å². The highest BCUT2D eigenvalue weighted by Gasteiger charge is 2.16. The molecule has 0 bridgehead atoms. The number of fused-ring (bicyclic) bond motifs is 1. The molecule has 1 aliphatic heterocycles. The van der Waals surface area contributed by atoms with Crippen molar-refractivity contribution in [2.24, 2.45) is 0 Å². The fraction of sp³-hybridized carbons (Fsp3) is 0.500. The van der Waals surface area contributed by atoms with E-state index in [0.29, 0.717) is 6.10 Å². The summed E-state index contributed by atoms with van der Waals surface area (Å²) in [7, 11) is 0. The summed E-state index contributed by atoms with van der Waals surface area (Å²) in [5.74, 6) is 0. The number of hydrogen-bond acceptors (Lipinski definition) is 2. The van der Waals surface area contributed by atoms with Crippen molar-refractivity contribution in [2.45, 2.75) is 19.4 Å². The first-order chi connectivity index (χ1) is 4.88. The van der Waals surface area contributed by atoms with Crippen molar-refractivity contribution in [2.75, 3.05) is 6.61 Å². The molecule has 0 amide bonds. The SMILES string of the molecule is CC1OCCc2ccsc21. The Morgan fingerprint density at radius 3 is 3.40 bits per heavy atom. The van der Waals surface area contributed by atoms with Gasteiger partial charge in [0.1, 0.15) is 0 Å². The third-order valence-electron chi connectivity index (χ3n) is 1.89. The Morgan fingerprint density at radius 1 is 1.70 bits per heavy atom. The van der Waals surface area contributed by atoms with E-state index < -0.39 is 0 Å². The first-order valence-corrected chi connectivity index (χ1v) is 4.44. The standard InChI is InChI=1S/C8H10OS/c1-6-8-7(2-4-9-6)3-5-10-8/h3,5-6H,2,4H2,1H3. The normalized spacial score (nSPS) is 24.3. The van der Waals surface area contributed by atoms with Crippen molar-refractivity contribution in [3.05, 3.63) is 21.9 Å². The van der Waals surface area contributed by atoms with Crippen LogP contribution in [0.1, 0.15) is 23.5 Å². The second-order valence-corrected chi connectivity index (χ2v) is 3.52. The Bertz CT molecular complexity index is 229. The van der Waals surface area contributed by atoms with Gasteiger partial charge in [-0.3, -0.25) is 0 Å². The van der Waals surface area contributed by atoms with Gasteiger partial charge in [-0.25, -0.2) is 0 Å². The van der Waals surface area contributed by atoms with Crippen LogP contribution in [0.5, 0.6) is 0 Å². The van der Waals surface area contributed by atoms with E-state index in [2.05, 4.69) is 18.4 Å². The monoisotopic (exact) mass is 154 g/mol. The Morgan fingerprint density at radius 2 is 2.60 bits per heavy atom. The zero-order chi connectivity index (χ0) is 6.97. The largest absolute Gasteiger partial charge is 0.373 e. The molecule has 2 rings (SSSR count). The molecule has 0 spiro atoms. The molecule has 0 fully saturated rings. The Balaban J connectivity index is 2.41. The Kier molecular flexibility index (Phi) is 1.51. The average molecular weight is 154 g/mol. The number of rotatable bonds is 0. The van der Waals surface area contributed by atoms with Gasteiger partial charge in [0.25, 0.3) is 0 Å². The van der Waals surface area contributed by atoms with Crippen molar-refractivity contribution in [3.63, 3.8) is 0 Å². The van der Waals surface area contributed by atoms with Gasteiger partial charge in [0.15, 0.2) is 0 Å². The molecule has 0 aromatic carbocycles. The molecule has 2 heterocycles. The summed E-state index contributed by atoms with van der Waals surface area (Å²) in [6.45, 7) is 3.01. The highest BCUT2D eigenvalue weighted by atomic mass is 32.1. The minimum atomic E-state index is 0.337. The molecule has 1 aromatic heterocycles. The molecule has 0 saturated heterocycles. The third kappa shape index (κ3) is 0.879. The smallest absolute Gasteiger partial charge is 0.0891 e. The lowest BCUT2D eigenvalue weighted by Crippen LogP contribution is -2.10. The van der Waals surface area contributed by atoms with Crippen molar-refractivity contribution in [3.8, 4) is 0 Å². The highest BCUT2D eigenvalue weighted by molar-refractivity contribution is 7.10. The quantitative estimate of drug-likeness (QED) is 0.557. The van der Waals surface area contributed by atoms with E-state index in [1.54, 1.807) is 0 Å². The topological polar surface area (TPSA) is 9.23 Å². The van der Waals surface area contributed by atoms with E-state index in [1.165, 1.54) is 10.4 Å². The van der Waals surface area contributed by atoms with Crippen LogP contribution in [-0.4, -0.2) is 6.61 Å². The van der Waals surface area contributed by atoms with Crippen molar-refractivity contribution in [1.29, 1.82) is 0 Å². The molecule has 0 N–H and O–H groups in total. The molecule has 1 aliphatic rings. The van der Waals surface area contributed by atoms with E-state index >= 15 is 0 Å². The molecule has 0 saturated carbocycles. The van der Waals surface area contributed by atoms with Crippen LogP contribution in [-0.2, 0) is 11.2 Å². The molecular formula is C8H10OS. The summed E-state index contributed by atoms with van der Waals surface area (Å²) in [6.07, 6.45) is 1.44. The minimum Gasteiger partial charge on any atom is -0.373 e. The Labute approximate surface area is 64.6 Å².